The first-order valence-corrected chi connectivity index (χ1v) is 6.50. The van der Waals surface area contributed by atoms with Crippen molar-refractivity contribution in [1.29, 1.82) is 0 Å². The minimum Gasteiger partial charge on any atom is -0.496 e. The molecular weight excluding hydrogens is 252 g/mol. The maximum atomic E-state index is 12.1. The van der Waals surface area contributed by atoms with Crippen molar-refractivity contribution >= 4 is 22.7 Å². The molecule has 0 aliphatic heterocycles. The van der Waals surface area contributed by atoms with Gasteiger partial charge in [-0.3, -0.25) is 4.79 Å². The van der Waals surface area contributed by atoms with Crippen LogP contribution >= 0.6 is 11.8 Å². The Balaban J connectivity index is 2.74. The van der Waals surface area contributed by atoms with E-state index in [-0.39, 0.29) is 5.43 Å². The molecule has 0 aliphatic rings. The van der Waals surface area contributed by atoms with Gasteiger partial charge >= 0.3 is 0 Å². The highest BCUT2D eigenvalue weighted by molar-refractivity contribution is 7.99. The summed E-state index contributed by atoms with van der Waals surface area (Å²) >= 11 is 1.48. The molecule has 2 aromatic rings. The van der Waals surface area contributed by atoms with Crippen LogP contribution in [-0.4, -0.2) is 20.0 Å². The summed E-state index contributed by atoms with van der Waals surface area (Å²) < 4.78 is 16.0. The maximum absolute atomic E-state index is 12.1. The molecule has 0 unspecified atom stereocenters. The Morgan fingerprint density at radius 2 is 2.00 bits per heavy atom. The Labute approximate surface area is 109 Å². The van der Waals surface area contributed by atoms with Crippen LogP contribution in [0.15, 0.2) is 32.5 Å². The number of rotatable bonds is 4. The minimum atomic E-state index is -0.105. The third-order valence-electron chi connectivity index (χ3n) is 2.49. The standard InChI is InChI=1S/C13H14O4S/c1-4-18-12-7-9(14)13-10(16-3)5-8(15-2)6-11(13)17-12/h5-7H,4H2,1-3H3. The third-order valence-corrected chi connectivity index (χ3v) is 3.26. The predicted molar refractivity (Wildman–Crippen MR) is 72.0 cm³/mol. The highest BCUT2D eigenvalue weighted by atomic mass is 32.2. The van der Waals surface area contributed by atoms with E-state index >= 15 is 0 Å². The second-order valence-electron chi connectivity index (χ2n) is 3.57. The van der Waals surface area contributed by atoms with Crippen LogP contribution in [-0.2, 0) is 0 Å². The van der Waals surface area contributed by atoms with E-state index in [9.17, 15) is 4.79 Å². The summed E-state index contributed by atoms with van der Waals surface area (Å²) in [5, 5.41) is 1.05. The van der Waals surface area contributed by atoms with Gasteiger partial charge < -0.3 is 13.9 Å². The van der Waals surface area contributed by atoms with Crippen molar-refractivity contribution in [1.82, 2.24) is 0 Å². The van der Waals surface area contributed by atoms with Gasteiger partial charge in [-0.1, -0.05) is 18.7 Å². The van der Waals surface area contributed by atoms with Crippen molar-refractivity contribution in [2.45, 2.75) is 12.0 Å². The molecule has 0 atom stereocenters. The molecule has 5 heteroatoms. The van der Waals surface area contributed by atoms with E-state index in [1.165, 1.54) is 24.9 Å². The van der Waals surface area contributed by atoms with Gasteiger partial charge in [0, 0.05) is 18.2 Å². The molecule has 0 N–H and O–H groups in total. The van der Waals surface area contributed by atoms with E-state index in [0.717, 1.165) is 5.75 Å². The molecule has 0 amide bonds. The van der Waals surface area contributed by atoms with E-state index in [2.05, 4.69) is 0 Å². The summed E-state index contributed by atoms with van der Waals surface area (Å²) in [7, 11) is 3.08. The molecule has 1 aromatic carbocycles. The average Bonchev–Trinajstić information content (AvgIpc) is 2.37. The lowest BCUT2D eigenvalue weighted by Gasteiger charge is -2.08. The zero-order valence-corrected chi connectivity index (χ0v) is 11.3. The lowest BCUT2D eigenvalue weighted by Crippen LogP contribution is -2.03. The first kappa shape index (κ1) is 12.8. The zero-order valence-electron chi connectivity index (χ0n) is 10.5. The summed E-state index contributed by atoms with van der Waals surface area (Å²) in [5.41, 5.74) is 0.376. The molecule has 0 saturated heterocycles. The third kappa shape index (κ3) is 2.31. The second-order valence-corrected chi connectivity index (χ2v) is 4.83. The normalized spacial score (nSPS) is 10.6. The molecule has 1 heterocycles. The molecule has 0 spiro atoms. The number of fused-ring (bicyclic) bond motifs is 1. The van der Waals surface area contributed by atoms with Gasteiger partial charge in [0.05, 0.1) is 14.2 Å². The first-order valence-electron chi connectivity index (χ1n) is 5.52. The summed E-state index contributed by atoms with van der Waals surface area (Å²) in [4.78, 5) is 12.1. The molecule has 0 bridgehead atoms. The van der Waals surface area contributed by atoms with Gasteiger partial charge in [0.15, 0.2) is 10.5 Å². The number of hydrogen-bond donors (Lipinski definition) is 0. The van der Waals surface area contributed by atoms with Crippen molar-refractivity contribution in [3.05, 3.63) is 28.4 Å². The van der Waals surface area contributed by atoms with Crippen LogP contribution < -0.4 is 14.9 Å². The van der Waals surface area contributed by atoms with Crippen molar-refractivity contribution in [2.24, 2.45) is 0 Å². The van der Waals surface area contributed by atoms with Crippen molar-refractivity contribution in [2.75, 3.05) is 20.0 Å². The number of benzene rings is 1. The van der Waals surface area contributed by atoms with Crippen molar-refractivity contribution in [3.8, 4) is 11.5 Å². The van der Waals surface area contributed by atoms with Gasteiger partial charge in [-0.2, -0.15) is 0 Å². The highest BCUT2D eigenvalue weighted by Gasteiger charge is 2.12. The summed E-state index contributed by atoms with van der Waals surface area (Å²) in [6.07, 6.45) is 0. The Morgan fingerprint density at radius 1 is 1.22 bits per heavy atom. The lowest BCUT2D eigenvalue weighted by atomic mass is 10.2. The zero-order chi connectivity index (χ0) is 13.1. The van der Waals surface area contributed by atoms with Gasteiger partial charge in [-0.25, -0.2) is 0 Å². The predicted octanol–water partition coefficient (Wildman–Crippen LogP) is 2.92. The van der Waals surface area contributed by atoms with E-state index in [0.29, 0.717) is 27.6 Å². The fourth-order valence-electron chi connectivity index (χ4n) is 1.70. The van der Waals surface area contributed by atoms with Crippen LogP contribution in [0.5, 0.6) is 11.5 Å². The Bertz CT molecular complexity index is 618. The van der Waals surface area contributed by atoms with Gasteiger partial charge in [0.1, 0.15) is 22.5 Å². The molecule has 0 aliphatic carbocycles. The molecule has 1 aromatic heterocycles. The van der Waals surface area contributed by atoms with Gasteiger partial charge in [-0.15, -0.1) is 0 Å². The van der Waals surface area contributed by atoms with Crippen LogP contribution in [0.25, 0.3) is 11.0 Å². The molecule has 0 saturated carbocycles. The highest BCUT2D eigenvalue weighted by Crippen LogP contribution is 2.31. The average molecular weight is 266 g/mol. The molecule has 96 valence electrons. The fraction of sp³-hybridized carbons (Fsp3) is 0.308. The second kappa shape index (κ2) is 5.35. The van der Waals surface area contributed by atoms with E-state index in [4.69, 9.17) is 13.9 Å². The summed E-state index contributed by atoms with van der Waals surface area (Å²) in [6, 6.07) is 4.86. The van der Waals surface area contributed by atoms with E-state index < -0.39 is 0 Å². The van der Waals surface area contributed by atoms with Crippen LogP contribution in [0.4, 0.5) is 0 Å². The van der Waals surface area contributed by atoms with Crippen LogP contribution in [0.3, 0.4) is 0 Å². The monoisotopic (exact) mass is 266 g/mol. The van der Waals surface area contributed by atoms with Crippen LogP contribution in [0.2, 0.25) is 0 Å². The molecular formula is C13H14O4S. The number of hydrogen-bond acceptors (Lipinski definition) is 5. The number of methoxy groups -OCH3 is 2. The van der Waals surface area contributed by atoms with Crippen molar-refractivity contribution in [3.63, 3.8) is 0 Å². The lowest BCUT2D eigenvalue weighted by molar-refractivity contribution is 0.394. The number of thioether (sulfide) groups is 1. The quantitative estimate of drug-likeness (QED) is 0.796. The number of ether oxygens (including phenoxy) is 2. The Kier molecular flexibility index (Phi) is 3.81. The maximum Gasteiger partial charge on any atom is 0.197 e. The molecule has 0 fully saturated rings. The molecule has 4 nitrogen and oxygen atoms in total. The van der Waals surface area contributed by atoms with Crippen LogP contribution in [0.1, 0.15) is 6.92 Å². The Hall–Kier alpha value is -1.62. The van der Waals surface area contributed by atoms with Gasteiger partial charge in [0.25, 0.3) is 0 Å². The summed E-state index contributed by atoms with van der Waals surface area (Å²) in [6.45, 7) is 2.00. The fourth-order valence-corrected chi connectivity index (χ4v) is 2.32. The minimum absolute atomic E-state index is 0.105. The van der Waals surface area contributed by atoms with Crippen LogP contribution in [0, 0.1) is 0 Å². The summed E-state index contributed by atoms with van der Waals surface area (Å²) in [5.74, 6) is 1.91. The molecule has 18 heavy (non-hydrogen) atoms. The van der Waals surface area contributed by atoms with Crippen molar-refractivity contribution < 1.29 is 13.9 Å². The SMILES string of the molecule is CCSc1cc(=O)c2c(OC)cc(OC)cc2o1. The molecule has 2 rings (SSSR count). The molecule has 0 radical (unpaired) electrons. The van der Waals surface area contributed by atoms with Gasteiger partial charge in [-0.05, 0) is 5.75 Å². The van der Waals surface area contributed by atoms with E-state index in [1.54, 1.807) is 19.2 Å². The Morgan fingerprint density at radius 3 is 2.61 bits per heavy atom. The first-order chi connectivity index (χ1) is 8.69. The smallest absolute Gasteiger partial charge is 0.197 e. The largest absolute Gasteiger partial charge is 0.496 e. The van der Waals surface area contributed by atoms with Gasteiger partial charge in [0.2, 0.25) is 0 Å². The topological polar surface area (TPSA) is 48.7 Å². The van der Waals surface area contributed by atoms with E-state index in [1.807, 2.05) is 6.92 Å².